The average molecular weight is 257 g/mol. The summed E-state index contributed by atoms with van der Waals surface area (Å²) in [6, 6.07) is 7.01. The van der Waals surface area contributed by atoms with Gasteiger partial charge < -0.3 is 0 Å². The van der Waals surface area contributed by atoms with Gasteiger partial charge in [-0.3, -0.25) is 0 Å². The van der Waals surface area contributed by atoms with Crippen molar-refractivity contribution in [2.24, 2.45) is 0 Å². The monoisotopic (exact) mass is 257 g/mol. The van der Waals surface area contributed by atoms with Crippen LogP contribution in [0, 0.1) is 6.42 Å². The fraction of sp³-hybridized carbons (Fsp3) is 0.632. The molecule has 0 heterocycles. The second-order valence-electron chi connectivity index (χ2n) is 6.67. The molecule has 105 valence electrons. The van der Waals surface area contributed by atoms with Gasteiger partial charge in [0, 0.05) is 0 Å². The molecule has 0 spiro atoms. The number of rotatable bonds is 3. The lowest BCUT2D eigenvalue weighted by Gasteiger charge is -2.25. The van der Waals surface area contributed by atoms with Gasteiger partial charge in [-0.25, -0.2) is 0 Å². The Kier molecular flexibility index (Phi) is 5.07. The summed E-state index contributed by atoms with van der Waals surface area (Å²) in [5.74, 6) is 2.03. The maximum atomic E-state index is 2.52. The zero-order chi connectivity index (χ0) is 13.8. The molecule has 0 nitrogen and oxygen atoms in total. The summed E-state index contributed by atoms with van der Waals surface area (Å²) in [5, 5.41) is 0. The van der Waals surface area contributed by atoms with E-state index in [0.29, 0.717) is 11.8 Å². The standard InChI is InChI=1S/C19H29/c1-14(2)17-12-9-13-18(19(17)15(3)4)16-10-7-5-6-8-11-16/h7,9,12-16H,5-6,8,10-11H2,1-4H3. The third-order valence-electron chi connectivity index (χ3n) is 4.47. The predicted molar refractivity (Wildman–Crippen MR) is 84.7 cm³/mol. The van der Waals surface area contributed by atoms with Crippen LogP contribution in [-0.4, -0.2) is 0 Å². The summed E-state index contributed by atoms with van der Waals surface area (Å²) >= 11 is 0. The van der Waals surface area contributed by atoms with Crippen LogP contribution < -0.4 is 0 Å². The maximum absolute atomic E-state index is 2.52. The van der Waals surface area contributed by atoms with E-state index < -0.39 is 0 Å². The number of hydrogen-bond acceptors (Lipinski definition) is 0. The van der Waals surface area contributed by atoms with Crippen molar-refractivity contribution in [3.05, 3.63) is 41.3 Å². The lowest BCUT2D eigenvalue weighted by atomic mass is 9.80. The average Bonchev–Trinajstić information content (AvgIpc) is 2.66. The molecule has 19 heavy (non-hydrogen) atoms. The van der Waals surface area contributed by atoms with E-state index in [-0.39, 0.29) is 0 Å². The van der Waals surface area contributed by atoms with Crippen molar-refractivity contribution in [1.82, 2.24) is 0 Å². The zero-order valence-electron chi connectivity index (χ0n) is 13.1. The minimum Gasteiger partial charge on any atom is -0.0617 e. The molecule has 0 saturated heterocycles. The molecule has 2 rings (SSSR count). The first kappa shape index (κ1) is 14.6. The Balaban J connectivity index is 2.40. The van der Waals surface area contributed by atoms with Gasteiger partial charge in [0.1, 0.15) is 0 Å². The van der Waals surface area contributed by atoms with E-state index >= 15 is 0 Å². The lowest BCUT2D eigenvalue weighted by molar-refractivity contribution is 0.602. The minimum atomic E-state index is 0.632. The van der Waals surface area contributed by atoms with Crippen LogP contribution in [0.2, 0.25) is 0 Å². The van der Waals surface area contributed by atoms with Crippen LogP contribution in [0.15, 0.2) is 18.2 Å². The van der Waals surface area contributed by atoms with E-state index in [1.54, 1.807) is 16.7 Å². The van der Waals surface area contributed by atoms with Gasteiger partial charge in [-0.15, -0.1) is 0 Å². The third kappa shape index (κ3) is 3.41. The Morgan fingerprint density at radius 2 is 1.79 bits per heavy atom. The molecular weight excluding hydrogens is 228 g/mol. The summed E-state index contributed by atoms with van der Waals surface area (Å²) in [5.41, 5.74) is 4.84. The SMILES string of the molecule is CC(C)c1cccc(C2C[CH]CCCC2)c1C(C)C. The molecule has 1 aromatic rings. The molecule has 1 atom stereocenters. The van der Waals surface area contributed by atoms with Crippen molar-refractivity contribution in [3.63, 3.8) is 0 Å². The highest BCUT2D eigenvalue weighted by Gasteiger charge is 2.21. The van der Waals surface area contributed by atoms with Crippen LogP contribution in [0.4, 0.5) is 0 Å². The molecule has 1 radical (unpaired) electrons. The summed E-state index contributed by atoms with van der Waals surface area (Å²) < 4.78 is 0. The zero-order valence-corrected chi connectivity index (χ0v) is 13.1. The molecular formula is C19H29. The van der Waals surface area contributed by atoms with Gasteiger partial charge >= 0.3 is 0 Å². The van der Waals surface area contributed by atoms with Crippen LogP contribution in [0.5, 0.6) is 0 Å². The van der Waals surface area contributed by atoms with Crippen LogP contribution in [-0.2, 0) is 0 Å². The number of hydrogen-bond donors (Lipinski definition) is 0. The molecule has 1 aliphatic rings. The molecule has 0 amide bonds. The molecule has 0 aliphatic heterocycles. The van der Waals surface area contributed by atoms with Crippen LogP contribution in [0.3, 0.4) is 0 Å². The fourth-order valence-electron chi connectivity index (χ4n) is 3.53. The van der Waals surface area contributed by atoms with E-state index in [2.05, 4.69) is 52.3 Å². The first-order valence-electron chi connectivity index (χ1n) is 8.05. The Labute approximate surface area is 119 Å². The summed E-state index contributed by atoms with van der Waals surface area (Å²) in [6.45, 7) is 9.35. The Morgan fingerprint density at radius 1 is 1.00 bits per heavy atom. The van der Waals surface area contributed by atoms with Gasteiger partial charge in [-0.2, -0.15) is 0 Å². The molecule has 1 unspecified atom stereocenters. The first-order valence-corrected chi connectivity index (χ1v) is 8.05. The number of benzene rings is 1. The Morgan fingerprint density at radius 3 is 2.47 bits per heavy atom. The molecule has 1 saturated carbocycles. The molecule has 1 aliphatic carbocycles. The fourth-order valence-corrected chi connectivity index (χ4v) is 3.53. The summed E-state index contributed by atoms with van der Waals surface area (Å²) in [7, 11) is 0. The lowest BCUT2D eigenvalue weighted by Crippen LogP contribution is -2.08. The van der Waals surface area contributed by atoms with Gasteiger partial charge in [0.15, 0.2) is 0 Å². The van der Waals surface area contributed by atoms with Crippen molar-refractivity contribution in [1.29, 1.82) is 0 Å². The normalized spacial score (nSPS) is 18.0. The second kappa shape index (κ2) is 6.59. The molecule has 0 N–H and O–H groups in total. The Bertz CT molecular complexity index is 392. The van der Waals surface area contributed by atoms with Crippen LogP contribution in [0.25, 0.3) is 0 Å². The summed E-state index contributed by atoms with van der Waals surface area (Å²) in [6.07, 6.45) is 9.27. The van der Waals surface area contributed by atoms with Gasteiger partial charge in [0.25, 0.3) is 0 Å². The minimum absolute atomic E-state index is 0.632. The first-order chi connectivity index (χ1) is 9.11. The van der Waals surface area contributed by atoms with Crippen molar-refractivity contribution < 1.29 is 0 Å². The summed E-state index contributed by atoms with van der Waals surface area (Å²) in [4.78, 5) is 0. The third-order valence-corrected chi connectivity index (χ3v) is 4.47. The quantitative estimate of drug-likeness (QED) is 0.567. The van der Waals surface area contributed by atoms with Gasteiger partial charge in [0.05, 0.1) is 0 Å². The van der Waals surface area contributed by atoms with Gasteiger partial charge in [-0.1, -0.05) is 65.2 Å². The van der Waals surface area contributed by atoms with Crippen molar-refractivity contribution in [2.45, 2.75) is 77.6 Å². The second-order valence-corrected chi connectivity index (χ2v) is 6.67. The van der Waals surface area contributed by atoms with E-state index in [1.807, 2.05) is 0 Å². The van der Waals surface area contributed by atoms with E-state index in [4.69, 9.17) is 0 Å². The highest BCUT2D eigenvalue weighted by molar-refractivity contribution is 5.41. The molecule has 1 fully saturated rings. The molecule has 1 aromatic carbocycles. The van der Waals surface area contributed by atoms with E-state index in [0.717, 1.165) is 5.92 Å². The molecule has 0 bridgehead atoms. The smallest absolute Gasteiger partial charge is 0.0156 e. The topological polar surface area (TPSA) is 0 Å². The van der Waals surface area contributed by atoms with Gasteiger partial charge in [-0.05, 0) is 53.7 Å². The highest BCUT2D eigenvalue weighted by atomic mass is 14.3. The van der Waals surface area contributed by atoms with E-state index in [9.17, 15) is 0 Å². The van der Waals surface area contributed by atoms with E-state index in [1.165, 1.54) is 32.1 Å². The molecule has 0 heteroatoms. The van der Waals surface area contributed by atoms with Crippen LogP contribution in [0.1, 0.15) is 94.2 Å². The Hall–Kier alpha value is -0.780. The highest BCUT2D eigenvalue weighted by Crippen LogP contribution is 2.38. The molecule has 0 aromatic heterocycles. The predicted octanol–water partition coefficient (Wildman–Crippen LogP) is 6.19. The van der Waals surface area contributed by atoms with Gasteiger partial charge in [0.2, 0.25) is 0 Å². The van der Waals surface area contributed by atoms with Crippen molar-refractivity contribution in [3.8, 4) is 0 Å². The van der Waals surface area contributed by atoms with Crippen molar-refractivity contribution >= 4 is 0 Å². The largest absolute Gasteiger partial charge is 0.0617 e. The maximum Gasteiger partial charge on any atom is -0.0156 e. The van der Waals surface area contributed by atoms with Crippen molar-refractivity contribution in [2.75, 3.05) is 0 Å². The van der Waals surface area contributed by atoms with Crippen LogP contribution >= 0.6 is 0 Å².